The molecule has 0 amide bonds. The van der Waals surface area contributed by atoms with Crippen molar-refractivity contribution in [2.75, 3.05) is 49.7 Å². The van der Waals surface area contributed by atoms with Gasteiger partial charge in [-0.1, -0.05) is 6.92 Å². The second-order valence-corrected chi connectivity index (χ2v) is 4.78. The Kier molecular flexibility index (Phi) is 4.93. The van der Waals surface area contributed by atoms with Gasteiger partial charge in [-0.25, -0.2) is 9.97 Å². The summed E-state index contributed by atoms with van der Waals surface area (Å²) in [5.74, 6) is 1.83. The Labute approximate surface area is 114 Å². The summed E-state index contributed by atoms with van der Waals surface area (Å²) in [5.41, 5.74) is 0. The van der Waals surface area contributed by atoms with Gasteiger partial charge in [0.2, 0.25) is 0 Å². The molecule has 0 bridgehead atoms. The predicted octanol–water partition coefficient (Wildman–Crippen LogP) is 0.520. The average Bonchev–Trinajstić information content (AvgIpc) is 2.48. The van der Waals surface area contributed by atoms with Crippen molar-refractivity contribution in [2.45, 2.75) is 19.4 Å². The minimum absolute atomic E-state index is 0.0458. The van der Waals surface area contributed by atoms with Crippen LogP contribution in [0.15, 0.2) is 12.4 Å². The summed E-state index contributed by atoms with van der Waals surface area (Å²) in [6.45, 7) is 5.25. The average molecular weight is 266 g/mol. The van der Waals surface area contributed by atoms with Gasteiger partial charge < -0.3 is 19.6 Å². The molecule has 1 atom stereocenters. The monoisotopic (exact) mass is 266 g/mol. The first kappa shape index (κ1) is 14.0. The lowest BCUT2D eigenvalue weighted by atomic mass is 10.3. The molecular formula is C13H22N4O2. The molecule has 0 aliphatic carbocycles. The van der Waals surface area contributed by atoms with Crippen molar-refractivity contribution in [3.8, 4) is 0 Å². The normalized spacial score (nSPS) is 19.5. The summed E-state index contributed by atoms with van der Waals surface area (Å²) in [6.07, 6.45) is 2.56. The SMILES string of the molecule is CCCN(C)c1cc(N2CCOC(CO)C2)ncn1. The molecule has 1 aliphatic rings. The molecule has 6 heteroatoms. The summed E-state index contributed by atoms with van der Waals surface area (Å²) in [5, 5.41) is 9.18. The van der Waals surface area contributed by atoms with Crippen LogP contribution in [0.3, 0.4) is 0 Å². The number of morpholine rings is 1. The van der Waals surface area contributed by atoms with Crippen LogP contribution in [0, 0.1) is 0 Å². The van der Waals surface area contributed by atoms with Crippen LogP contribution in [0.5, 0.6) is 0 Å². The predicted molar refractivity (Wildman–Crippen MR) is 74.6 cm³/mol. The van der Waals surface area contributed by atoms with Crippen LogP contribution in [0.4, 0.5) is 11.6 Å². The van der Waals surface area contributed by atoms with E-state index in [4.69, 9.17) is 4.74 Å². The number of rotatable bonds is 5. The van der Waals surface area contributed by atoms with Gasteiger partial charge in [0.15, 0.2) is 0 Å². The molecule has 1 aromatic rings. The van der Waals surface area contributed by atoms with E-state index in [9.17, 15) is 5.11 Å². The molecule has 1 aromatic heterocycles. The number of aliphatic hydroxyl groups is 1. The summed E-state index contributed by atoms with van der Waals surface area (Å²) >= 11 is 0. The van der Waals surface area contributed by atoms with Crippen LogP contribution in [0.2, 0.25) is 0 Å². The number of hydrogen-bond donors (Lipinski definition) is 1. The first-order chi connectivity index (χ1) is 9.24. The van der Waals surface area contributed by atoms with Gasteiger partial charge in [-0.15, -0.1) is 0 Å². The molecular weight excluding hydrogens is 244 g/mol. The van der Waals surface area contributed by atoms with Gasteiger partial charge in [-0.2, -0.15) is 0 Å². The fourth-order valence-electron chi connectivity index (χ4n) is 2.21. The molecule has 0 spiro atoms. The maximum Gasteiger partial charge on any atom is 0.134 e. The van der Waals surface area contributed by atoms with Crippen LogP contribution in [0.25, 0.3) is 0 Å². The molecule has 0 aromatic carbocycles. The largest absolute Gasteiger partial charge is 0.394 e. The van der Waals surface area contributed by atoms with Crippen molar-refractivity contribution in [3.63, 3.8) is 0 Å². The molecule has 19 heavy (non-hydrogen) atoms. The van der Waals surface area contributed by atoms with Crippen molar-refractivity contribution in [1.29, 1.82) is 0 Å². The van der Waals surface area contributed by atoms with Crippen molar-refractivity contribution < 1.29 is 9.84 Å². The summed E-state index contributed by atoms with van der Waals surface area (Å²) in [7, 11) is 2.03. The van der Waals surface area contributed by atoms with E-state index in [2.05, 4.69) is 26.7 Å². The number of aliphatic hydroxyl groups excluding tert-OH is 1. The Morgan fingerprint density at radius 3 is 3.11 bits per heavy atom. The molecule has 2 rings (SSSR count). The van der Waals surface area contributed by atoms with E-state index in [-0.39, 0.29) is 12.7 Å². The summed E-state index contributed by atoms with van der Waals surface area (Å²) in [4.78, 5) is 12.9. The highest BCUT2D eigenvalue weighted by molar-refractivity contribution is 5.50. The molecule has 1 N–H and O–H groups in total. The van der Waals surface area contributed by atoms with E-state index < -0.39 is 0 Å². The second kappa shape index (κ2) is 6.68. The Morgan fingerprint density at radius 2 is 2.37 bits per heavy atom. The van der Waals surface area contributed by atoms with Crippen LogP contribution < -0.4 is 9.80 Å². The first-order valence-electron chi connectivity index (χ1n) is 6.75. The Bertz CT molecular complexity index is 402. The van der Waals surface area contributed by atoms with E-state index in [1.807, 2.05) is 13.1 Å². The van der Waals surface area contributed by atoms with Crippen molar-refractivity contribution in [3.05, 3.63) is 12.4 Å². The van der Waals surface area contributed by atoms with Crippen molar-refractivity contribution in [1.82, 2.24) is 9.97 Å². The van der Waals surface area contributed by atoms with Gasteiger partial charge in [0.1, 0.15) is 18.0 Å². The lowest BCUT2D eigenvalue weighted by molar-refractivity contribution is 0.00336. The zero-order valence-corrected chi connectivity index (χ0v) is 11.6. The molecule has 1 fully saturated rings. The zero-order chi connectivity index (χ0) is 13.7. The van der Waals surface area contributed by atoms with Gasteiger partial charge in [0, 0.05) is 32.7 Å². The van der Waals surface area contributed by atoms with Gasteiger partial charge in [0.05, 0.1) is 19.3 Å². The third kappa shape index (κ3) is 3.54. The fraction of sp³-hybridized carbons (Fsp3) is 0.692. The lowest BCUT2D eigenvalue weighted by Crippen LogP contribution is -2.44. The third-order valence-corrected chi connectivity index (χ3v) is 3.25. The van der Waals surface area contributed by atoms with Gasteiger partial charge in [-0.05, 0) is 6.42 Å². The first-order valence-corrected chi connectivity index (χ1v) is 6.75. The quantitative estimate of drug-likeness (QED) is 0.838. The van der Waals surface area contributed by atoms with Crippen LogP contribution >= 0.6 is 0 Å². The smallest absolute Gasteiger partial charge is 0.134 e. The molecule has 1 unspecified atom stereocenters. The van der Waals surface area contributed by atoms with E-state index in [1.54, 1.807) is 6.33 Å². The third-order valence-electron chi connectivity index (χ3n) is 3.25. The maximum atomic E-state index is 9.18. The molecule has 1 saturated heterocycles. The highest BCUT2D eigenvalue weighted by Gasteiger charge is 2.21. The van der Waals surface area contributed by atoms with Gasteiger partial charge in [0.25, 0.3) is 0 Å². The Hall–Kier alpha value is -1.40. The van der Waals surface area contributed by atoms with Crippen LogP contribution in [0.1, 0.15) is 13.3 Å². The van der Waals surface area contributed by atoms with Crippen molar-refractivity contribution in [2.24, 2.45) is 0 Å². The van der Waals surface area contributed by atoms with Crippen molar-refractivity contribution >= 4 is 11.6 Å². The lowest BCUT2D eigenvalue weighted by Gasteiger charge is -2.33. The molecule has 6 nitrogen and oxygen atoms in total. The number of aromatic nitrogens is 2. The molecule has 106 valence electrons. The second-order valence-electron chi connectivity index (χ2n) is 4.78. The Balaban J connectivity index is 2.09. The molecule has 2 heterocycles. The number of hydrogen-bond acceptors (Lipinski definition) is 6. The molecule has 0 radical (unpaired) electrons. The molecule has 1 aliphatic heterocycles. The topological polar surface area (TPSA) is 61.7 Å². The van der Waals surface area contributed by atoms with E-state index >= 15 is 0 Å². The highest BCUT2D eigenvalue weighted by Crippen LogP contribution is 2.19. The number of anilines is 2. The molecule has 0 saturated carbocycles. The standard InChI is InChI=1S/C13H22N4O2/c1-3-4-16(2)12-7-13(15-10-14-12)17-5-6-19-11(8-17)9-18/h7,10-11,18H,3-6,8-9H2,1-2H3. The van der Waals surface area contributed by atoms with Crippen LogP contribution in [-0.2, 0) is 4.74 Å². The summed E-state index contributed by atoms with van der Waals surface area (Å²) in [6, 6.07) is 2.00. The van der Waals surface area contributed by atoms with Gasteiger partial charge in [-0.3, -0.25) is 0 Å². The van der Waals surface area contributed by atoms with Gasteiger partial charge >= 0.3 is 0 Å². The van der Waals surface area contributed by atoms with E-state index in [1.165, 1.54) is 0 Å². The Morgan fingerprint density at radius 1 is 1.53 bits per heavy atom. The highest BCUT2D eigenvalue weighted by atomic mass is 16.5. The van der Waals surface area contributed by atoms with E-state index in [0.29, 0.717) is 13.2 Å². The van der Waals surface area contributed by atoms with E-state index in [0.717, 1.165) is 31.1 Å². The van der Waals surface area contributed by atoms with Crippen LogP contribution in [-0.4, -0.2) is 61.1 Å². The maximum absolute atomic E-state index is 9.18. The minimum Gasteiger partial charge on any atom is -0.394 e. The number of nitrogens with zero attached hydrogens (tertiary/aromatic N) is 4. The summed E-state index contributed by atoms with van der Waals surface area (Å²) < 4.78 is 5.45. The number of ether oxygens (including phenoxy) is 1. The minimum atomic E-state index is -0.125. The zero-order valence-electron chi connectivity index (χ0n) is 11.6. The fourth-order valence-corrected chi connectivity index (χ4v) is 2.21.